The fraction of sp³-hybridized carbons (Fsp3) is 0. The van der Waals surface area contributed by atoms with E-state index in [0.717, 1.165) is 5.69 Å². The highest BCUT2D eigenvalue weighted by atomic mass is 79.9. The highest BCUT2D eigenvalue weighted by Gasteiger charge is 2.14. The summed E-state index contributed by atoms with van der Waals surface area (Å²) in [5, 5.41) is 4.39. The van der Waals surface area contributed by atoms with E-state index in [4.69, 9.17) is 5.73 Å². The first-order chi connectivity index (χ1) is 9.66. The Morgan fingerprint density at radius 2 is 1.80 bits per heavy atom. The van der Waals surface area contributed by atoms with Crippen LogP contribution in [0.2, 0.25) is 0 Å². The van der Waals surface area contributed by atoms with Crippen molar-refractivity contribution in [2.75, 3.05) is 5.73 Å². The zero-order chi connectivity index (χ0) is 14.1. The number of nitrogens with two attached hydrogens (primary N) is 1. The fourth-order valence-corrected chi connectivity index (χ4v) is 2.58. The summed E-state index contributed by atoms with van der Waals surface area (Å²) in [5.41, 5.74) is 7.72. The average Bonchev–Trinajstić information content (AvgIpc) is 2.81. The van der Waals surface area contributed by atoms with Crippen LogP contribution in [0.15, 0.2) is 59.1 Å². The van der Waals surface area contributed by atoms with E-state index in [1.54, 1.807) is 22.9 Å². The van der Waals surface area contributed by atoms with Gasteiger partial charge in [0.05, 0.1) is 16.9 Å². The summed E-state index contributed by atoms with van der Waals surface area (Å²) in [7, 11) is 0. The van der Waals surface area contributed by atoms with Gasteiger partial charge in [0.15, 0.2) is 0 Å². The standard InChI is InChI=1S/C15H11BrFN3/c16-11-7-4-8-12(17)15(11)13-9-14(18)20(19-13)10-5-2-1-3-6-10/h1-9H,18H2. The quantitative estimate of drug-likeness (QED) is 0.770. The molecule has 0 saturated carbocycles. The Labute approximate surface area is 124 Å². The minimum Gasteiger partial charge on any atom is -0.384 e. The van der Waals surface area contributed by atoms with Crippen LogP contribution in [0.25, 0.3) is 16.9 Å². The summed E-state index contributed by atoms with van der Waals surface area (Å²) in [4.78, 5) is 0. The van der Waals surface area contributed by atoms with Gasteiger partial charge in [0.2, 0.25) is 0 Å². The number of halogens is 2. The second-order valence-electron chi connectivity index (χ2n) is 4.30. The van der Waals surface area contributed by atoms with Crippen molar-refractivity contribution in [3.8, 4) is 16.9 Å². The van der Waals surface area contributed by atoms with Gasteiger partial charge in [-0.25, -0.2) is 9.07 Å². The fourth-order valence-electron chi connectivity index (χ4n) is 2.04. The van der Waals surface area contributed by atoms with Crippen LogP contribution in [0.5, 0.6) is 0 Å². The summed E-state index contributed by atoms with van der Waals surface area (Å²) in [6.45, 7) is 0. The highest BCUT2D eigenvalue weighted by molar-refractivity contribution is 9.10. The van der Waals surface area contributed by atoms with E-state index in [9.17, 15) is 4.39 Å². The zero-order valence-electron chi connectivity index (χ0n) is 10.4. The van der Waals surface area contributed by atoms with Gasteiger partial charge in [-0.15, -0.1) is 0 Å². The normalized spacial score (nSPS) is 10.7. The average molecular weight is 332 g/mol. The van der Waals surface area contributed by atoms with Crippen molar-refractivity contribution < 1.29 is 4.39 Å². The van der Waals surface area contributed by atoms with Crippen LogP contribution in [0, 0.1) is 5.82 Å². The number of nitrogens with zero attached hydrogens (tertiary/aromatic N) is 2. The lowest BCUT2D eigenvalue weighted by Crippen LogP contribution is -2.01. The monoisotopic (exact) mass is 331 g/mol. The maximum absolute atomic E-state index is 14.0. The molecule has 0 aliphatic carbocycles. The van der Waals surface area contributed by atoms with Crippen LogP contribution in [0.4, 0.5) is 10.2 Å². The predicted molar refractivity (Wildman–Crippen MR) is 81.1 cm³/mol. The van der Waals surface area contributed by atoms with Gasteiger partial charge < -0.3 is 5.73 Å². The lowest BCUT2D eigenvalue weighted by molar-refractivity contribution is 0.629. The molecule has 3 nitrogen and oxygen atoms in total. The number of benzene rings is 2. The molecular weight excluding hydrogens is 321 g/mol. The molecule has 0 atom stereocenters. The van der Waals surface area contributed by atoms with Gasteiger partial charge >= 0.3 is 0 Å². The van der Waals surface area contributed by atoms with E-state index < -0.39 is 0 Å². The Morgan fingerprint density at radius 3 is 2.50 bits per heavy atom. The van der Waals surface area contributed by atoms with Crippen molar-refractivity contribution in [3.63, 3.8) is 0 Å². The van der Waals surface area contributed by atoms with E-state index in [0.29, 0.717) is 21.5 Å². The van der Waals surface area contributed by atoms with Gasteiger partial charge in [-0.1, -0.05) is 24.3 Å². The van der Waals surface area contributed by atoms with Gasteiger partial charge in [-0.2, -0.15) is 5.10 Å². The molecule has 0 radical (unpaired) electrons. The molecule has 3 rings (SSSR count). The van der Waals surface area contributed by atoms with Crippen molar-refractivity contribution in [1.29, 1.82) is 0 Å². The molecule has 0 bridgehead atoms. The molecule has 1 heterocycles. The summed E-state index contributed by atoms with van der Waals surface area (Å²) >= 11 is 3.34. The maximum Gasteiger partial charge on any atom is 0.133 e. The van der Waals surface area contributed by atoms with Crippen LogP contribution in [0.3, 0.4) is 0 Å². The number of nitrogen functional groups attached to an aromatic ring is 1. The topological polar surface area (TPSA) is 43.8 Å². The Bertz CT molecular complexity index is 733. The second-order valence-corrected chi connectivity index (χ2v) is 5.15. The maximum atomic E-state index is 14.0. The molecule has 3 aromatic rings. The van der Waals surface area contributed by atoms with Crippen LogP contribution < -0.4 is 5.73 Å². The molecule has 0 aliphatic rings. The zero-order valence-corrected chi connectivity index (χ0v) is 12.0. The van der Waals surface area contributed by atoms with E-state index in [1.165, 1.54) is 6.07 Å². The molecule has 100 valence electrons. The van der Waals surface area contributed by atoms with Gasteiger partial charge in [-0.3, -0.25) is 0 Å². The number of aromatic nitrogens is 2. The van der Waals surface area contributed by atoms with Gasteiger partial charge in [0.25, 0.3) is 0 Å². The molecule has 0 amide bonds. The van der Waals surface area contributed by atoms with Crippen LogP contribution in [-0.4, -0.2) is 9.78 Å². The lowest BCUT2D eigenvalue weighted by Gasteiger charge is -2.04. The Hall–Kier alpha value is -2.14. The molecular formula is C15H11BrFN3. The van der Waals surface area contributed by atoms with Crippen molar-refractivity contribution in [1.82, 2.24) is 9.78 Å². The van der Waals surface area contributed by atoms with Crippen molar-refractivity contribution in [2.45, 2.75) is 0 Å². The number of hydrogen-bond acceptors (Lipinski definition) is 2. The summed E-state index contributed by atoms with van der Waals surface area (Å²) in [6, 6.07) is 16.0. The predicted octanol–water partition coefficient (Wildman–Crippen LogP) is 4.02. The Morgan fingerprint density at radius 1 is 1.05 bits per heavy atom. The summed E-state index contributed by atoms with van der Waals surface area (Å²) in [6.07, 6.45) is 0. The SMILES string of the molecule is Nc1cc(-c2c(F)cccc2Br)nn1-c1ccccc1. The van der Waals surface area contributed by atoms with Crippen molar-refractivity contribution in [3.05, 3.63) is 64.9 Å². The van der Waals surface area contributed by atoms with Gasteiger partial charge in [-0.05, 0) is 40.2 Å². The number of para-hydroxylation sites is 1. The van der Waals surface area contributed by atoms with Crippen molar-refractivity contribution >= 4 is 21.7 Å². The third-order valence-corrected chi connectivity index (χ3v) is 3.62. The first-order valence-corrected chi connectivity index (χ1v) is 6.81. The van der Waals surface area contributed by atoms with E-state index in [-0.39, 0.29) is 5.82 Å². The Balaban J connectivity index is 2.15. The lowest BCUT2D eigenvalue weighted by atomic mass is 10.1. The molecule has 2 N–H and O–H groups in total. The van der Waals surface area contributed by atoms with Gasteiger partial charge in [0.1, 0.15) is 11.6 Å². The van der Waals surface area contributed by atoms with Crippen molar-refractivity contribution in [2.24, 2.45) is 0 Å². The molecule has 5 heteroatoms. The number of hydrogen-bond donors (Lipinski definition) is 1. The Kier molecular flexibility index (Phi) is 3.28. The molecule has 0 spiro atoms. The van der Waals surface area contributed by atoms with Crippen LogP contribution in [0.1, 0.15) is 0 Å². The largest absolute Gasteiger partial charge is 0.384 e. The molecule has 0 fully saturated rings. The van der Waals surface area contributed by atoms with Gasteiger partial charge in [0, 0.05) is 10.5 Å². The number of anilines is 1. The second kappa shape index (κ2) is 5.09. The van der Waals surface area contributed by atoms with E-state index >= 15 is 0 Å². The van der Waals surface area contributed by atoms with Crippen LogP contribution >= 0.6 is 15.9 Å². The van der Waals surface area contributed by atoms with E-state index in [2.05, 4.69) is 21.0 Å². The summed E-state index contributed by atoms with van der Waals surface area (Å²) < 4.78 is 16.2. The van der Waals surface area contributed by atoms with Crippen LogP contribution in [-0.2, 0) is 0 Å². The smallest absolute Gasteiger partial charge is 0.133 e. The molecule has 0 unspecified atom stereocenters. The first kappa shape index (κ1) is 12.9. The minimum absolute atomic E-state index is 0.336. The molecule has 1 aromatic heterocycles. The molecule has 0 saturated heterocycles. The first-order valence-electron chi connectivity index (χ1n) is 6.02. The summed E-state index contributed by atoms with van der Waals surface area (Å²) in [5.74, 6) is 0.124. The molecule has 0 aliphatic heterocycles. The minimum atomic E-state index is -0.336. The number of rotatable bonds is 2. The molecule has 20 heavy (non-hydrogen) atoms. The molecule has 2 aromatic carbocycles. The highest BCUT2D eigenvalue weighted by Crippen LogP contribution is 2.31. The third kappa shape index (κ3) is 2.20. The van der Waals surface area contributed by atoms with E-state index in [1.807, 2.05) is 30.3 Å². The third-order valence-electron chi connectivity index (χ3n) is 2.96.